The molecule has 1 aromatic rings. The number of Topliss-reactive ketones (excluding diaryl/α,β-unsaturated/α-hetero) is 1. The number of hydrogen-bond donors (Lipinski definition) is 1. The van der Waals surface area contributed by atoms with Crippen molar-refractivity contribution >= 4 is 11.6 Å². The van der Waals surface area contributed by atoms with Gasteiger partial charge < -0.3 is 5.11 Å². The Kier molecular flexibility index (Phi) is 12.5. The average molecular weight is 427 g/mol. The van der Waals surface area contributed by atoms with Gasteiger partial charge in [-0.05, 0) is 56.1 Å². The molecule has 1 fully saturated rings. The lowest BCUT2D eigenvalue weighted by Crippen LogP contribution is -2.16. The van der Waals surface area contributed by atoms with Gasteiger partial charge in [-0.1, -0.05) is 81.9 Å². The summed E-state index contributed by atoms with van der Waals surface area (Å²) in [6.45, 7) is 2.44. The molecule has 0 spiro atoms. The maximum absolute atomic E-state index is 13.0. The van der Waals surface area contributed by atoms with Crippen LogP contribution >= 0.6 is 0 Å². The van der Waals surface area contributed by atoms with Gasteiger partial charge in [-0.3, -0.25) is 9.59 Å². The van der Waals surface area contributed by atoms with E-state index >= 15 is 0 Å². The highest BCUT2D eigenvalue weighted by atomic mass is 16.2. The largest absolute Gasteiger partial charge is 0.396 e. The predicted octanol–water partition coefficient (Wildman–Crippen LogP) is 6.48. The Labute approximate surface area is 189 Å². The molecule has 1 aliphatic rings. The van der Waals surface area contributed by atoms with Crippen molar-refractivity contribution in [3.8, 4) is 0 Å². The number of ketones is 2. The summed E-state index contributed by atoms with van der Waals surface area (Å²) in [7, 11) is 0. The zero-order chi connectivity index (χ0) is 22.3. The number of aliphatic hydroxyl groups excluding tert-OH is 1. The molecular formula is C28H42O3. The van der Waals surface area contributed by atoms with Gasteiger partial charge in [0.05, 0.1) is 0 Å². The molecule has 1 aromatic carbocycles. The van der Waals surface area contributed by atoms with Crippen LogP contribution in [0.5, 0.6) is 0 Å². The van der Waals surface area contributed by atoms with Crippen molar-refractivity contribution in [2.75, 3.05) is 6.61 Å². The monoisotopic (exact) mass is 426 g/mol. The lowest BCUT2D eigenvalue weighted by atomic mass is 9.87. The van der Waals surface area contributed by atoms with Gasteiger partial charge in [0.25, 0.3) is 0 Å². The van der Waals surface area contributed by atoms with Crippen molar-refractivity contribution < 1.29 is 14.7 Å². The SMILES string of the molecule is CCCCC(CCc1ccccc1)C(=O)C=CC1CCC(=O)C1CCCCCCCO. The second-order valence-electron chi connectivity index (χ2n) is 9.18. The molecule has 0 radical (unpaired) electrons. The first-order chi connectivity index (χ1) is 15.2. The second kappa shape index (κ2) is 15.1. The van der Waals surface area contributed by atoms with Crippen LogP contribution in [0.25, 0.3) is 0 Å². The first kappa shape index (κ1) is 25.5. The van der Waals surface area contributed by atoms with Crippen LogP contribution in [-0.4, -0.2) is 23.3 Å². The van der Waals surface area contributed by atoms with Crippen molar-refractivity contribution in [3.63, 3.8) is 0 Å². The number of hydrogen-bond acceptors (Lipinski definition) is 3. The van der Waals surface area contributed by atoms with Crippen molar-refractivity contribution in [2.45, 2.75) is 90.4 Å². The minimum absolute atomic E-state index is 0.0819. The molecule has 0 amide bonds. The first-order valence-electron chi connectivity index (χ1n) is 12.5. The van der Waals surface area contributed by atoms with Gasteiger partial charge in [0.15, 0.2) is 5.78 Å². The molecule has 1 saturated carbocycles. The van der Waals surface area contributed by atoms with Gasteiger partial charge in [-0.25, -0.2) is 0 Å². The van der Waals surface area contributed by atoms with Gasteiger partial charge in [0.2, 0.25) is 0 Å². The van der Waals surface area contributed by atoms with E-state index in [0.29, 0.717) is 12.2 Å². The number of rotatable bonds is 16. The maximum Gasteiger partial charge on any atom is 0.158 e. The summed E-state index contributed by atoms with van der Waals surface area (Å²) in [5.74, 6) is 1.03. The number of benzene rings is 1. The van der Waals surface area contributed by atoms with Gasteiger partial charge in [-0.2, -0.15) is 0 Å². The molecule has 3 heteroatoms. The van der Waals surface area contributed by atoms with E-state index in [9.17, 15) is 9.59 Å². The minimum Gasteiger partial charge on any atom is -0.396 e. The molecular weight excluding hydrogens is 384 g/mol. The summed E-state index contributed by atoms with van der Waals surface area (Å²) in [5.41, 5.74) is 1.29. The molecule has 31 heavy (non-hydrogen) atoms. The fourth-order valence-corrected chi connectivity index (χ4v) is 4.77. The van der Waals surface area contributed by atoms with Crippen LogP contribution in [0.2, 0.25) is 0 Å². The molecule has 1 aliphatic carbocycles. The summed E-state index contributed by atoms with van der Waals surface area (Å²) in [6.07, 6.45) is 16.6. The Balaban J connectivity index is 1.86. The second-order valence-corrected chi connectivity index (χ2v) is 9.18. The molecule has 0 bridgehead atoms. The minimum atomic E-state index is 0.0819. The summed E-state index contributed by atoms with van der Waals surface area (Å²) < 4.78 is 0. The summed E-state index contributed by atoms with van der Waals surface area (Å²) in [6, 6.07) is 10.4. The molecule has 3 atom stereocenters. The molecule has 0 aromatic heterocycles. The number of aryl methyl sites for hydroxylation is 1. The third-order valence-corrected chi connectivity index (χ3v) is 6.77. The van der Waals surface area contributed by atoms with Gasteiger partial charge in [-0.15, -0.1) is 0 Å². The van der Waals surface area contributed by atoms with Crippen LogP contribution in [0.1, 0.15) is 89.5 Å². The van der Waals surface area contributed by atoms with Crippen LogP contribution in [0.4, 0.5) is 0 Å². The van der Waals surface area contributed by atoms with Crippen molar-refractivity contribution in [3.05, 3.63) is 48.0 Å². The number of allylic oxidation sites excluding steroid dienone is 2. The molecule has 3 unspecified atom stereocenters. The standard InChI is InChI=1S/C28H42O3/c1-2-3-14-25(17-16-23-12-8-7-9-13-23)27(30)20-18-24-19-21-28(31)26(24)15-10-5-4-6-11-22-29/h7-9,12-13,18,20,24-26,29H,2-6,10-11,14-17,19,21-22H2,1H3. The Morgan fingerprint density at radius 1 is 1.06 bits per heavy atom. The van der Waals surface area contributed by atoms with Crippen molar-refractivity contribution in [2.24, 2.45) is 17.8 Å². The quantitative estimate of drug-likeness (QED) is 0.243. The Hall–Kier alpha value is -1.74. The summed E-state index contributed by atoms with van der Waals surface area (Å²) in [5, 5.41) is 8.87. The third kappa shape index (κ3) is 9.51. The highest BCUT2D eigenvalue weighted by Gasteiger charge is 2.32. The Bertz CT molecular complexity index is 664. The van der Waals surface area contributed by atoms with Gasteiger partial charge in [0.1, 0.15) is 5.78 Å². The van der Waals surface area contributed by atoms with Crippen LogP contribution in [0.15, 0.2) is 42.5 Å². The zero-order valence-electron chi connectivity index (χ0n) is 19.4. The first-order valence-corrected chi connectivity index (χ1v) is 12.5. The number of unbranched alkanes of at least 4 members (excludes halogenated alkanes) is 5. The smallest absolute Gasteiger partial charge is 0.158 e. The molecule has 3 nitrogen and oxygen atoms in total. The Morgan fingerprint density at radius 3 is 2.55 bits per heavy atom. The van der Waals surface area contributed by atoms with E-state index in [1.54, 1.807) is 0 Å². The third-order valence-electron chi connectivity index (χ3n) is 6.77. The molecule has 172 valence electrons. The van der Waals surface area contributed by atoms with Gasteiger partial charge >= 0.3 is 0 Å². The fourth-order valence-electron chi connectivity index (χ4n) is 4.77. The molecule has 2 rings (SSSR count). The normalized spacial score (nSPS) is 19.9. The topological polar surface area (TPSA) is 54.4 Å². The number of aliphatic hydroxyl groups is 1. The lowest BCUT2D eigenvalue weighted by molar-refractivity contribution is -0.121. The van der Waals surface area contributed by atoms with Crippen LogP contribution in [0.3, 0.4) is 0 Å². The van der Waals surface area contributed by atoms with E-state index < -0.39 is 0 Å². The highest BCUT2D eigenvalue weighted by molar-refractivity contribution is 5.92. The lowest BCUT2D eigenvalue weighted by Gasteiger charge is -2.16. The van der Waals surface area contributed by atoms with E-state index in [4.69, 9.17) is 5.11 Å². The van der Waals surface area contributed by atoms with E-state index in [1.165, 1.54) is 5.56 Å². The zero-order valence-corrected chi connectivity index (χ0v) is 19.4. The maximum atomic E-state index is 13.0. The predicted molar refractivity (Wildman–Crippen MR) is 128 cm³/mol. The van der Waals surface area contributed by atoms with E-state index in [2.05, 4.69) is 37.3 Å². The fraction of sp³-hybridized carbons (Fsp3) is 0.643. The average Bonchev–Trinajstić information content (AvgIpc) is 3.14. The molecule has 0 saturated heterocycles. The van der Waals surface area contributed by atoms with Crippen molar-refractivity contribution in [1.29, 1.82) is 0 Å². The van der Waals surface area contributed by atoms with Crippen LogP contribution < -0.4 is 0 Å². The van der Waals surface area contributed by atoms with E-state index in [1.807, 2.05) is 12.1 Å². The summed E-state index contributed by atoms with van der Waals surface area (Å²) in [4.78, 5) is 25.4. The van der Waals surface area contributed by atoms with Crippen LogP contribution in [-0.2, 0) is 16.0 Å². The van der Waals surface area contributed by atoms with Crippen LogP contribution in [0, 0.1) is 17.8 Å². The molecule has 1 N–H and O–H groups in total. The highest BCUT2D eigenvalue weighted by Crippen LogP contribution is 2.34. The van der Waals surface area contributed by atoms with Gasteiger partial charge in [0, 0.05) is 24.9 Å². The number of carbonyl (C=O) groups excluding carboxylic acids is 2. The number of carbonyl (C=O) groups is 2. The van der Waals surface area contributed by atoms with Crippen molar-refractivity contribution in [1.82, 2.24) is 0 Å². The summed E-state index contributed by atoms with van der Waals surface area (Å²) >= 11 is 0. The molecule has 0 aliphatic heterocycles. The Morgan fingerprint density at radius 2 is 1.81 bits per heavy atom. The van der Waals surface area contributed by atoms with E-state index in [0.717, 1.165) is 77.0 Å². The molecule has 0 heterocycles. The van der Waals surface area contributed by atoms with E-state index in [-0.39, 0.29) is 30.1 Å².